The molecule has 6 heteroatoms. The lowest BCUT2D eigenvalue weighted by atomic mass is 9.85. The van der Waals surface area contributed by atoms with Crippen molar-refractivity contribution in [3.05, 3.63) is 52.1 Å². The van der Waals surface area contributed by atoms with Crippen LogP contribution in [0, 0.1) is 0 Å². The molecule has 25 heavy (non-hydrogen) atoms. The van der Waals surface area contributed by atoms with Crippen molar-refractivity contribution in [3.8, 4) is 0 Å². The number of hydrogen-bond donors (Lipinski definition) is 1. The number of hydrogen-bond acceptors (Lipinski definition) is 4. The summed E-state index contributed by atoms with van der Waals surface area (Å²) in [5, 5.41) is 5.23. The third-order valence-electron chi connectivity index (χ3n) is 4.83. The molecule has 0 unspecified atom stereocenters. The van der Waals surface area contributed by atoms with Crippen molar-refractivity contribution in [3.63, 3.8) is 0 Å². The van der Waals surface area contributed by atoms with Gasteiger partial charge in [0.05, 0.1) is 22.8 Å². The summed E-state index contributed by atoms with van der Waals surface area (Å²) in [7, 11) is 1.95. The first-order chi connectivity index (χ1) is 12.2. The molecule has 1 aliphatic carbocycles. The molecule has 0 bridgehead atoms. The quantitative estimate of drug-likeness (QED) is 0.797. The molecule has 0 radical (unpaired) electrons. The van der Waals surface area contributed by atoms with Gasteiger partial charge >= 0.3 is 0 Å². The van der Waals surface area contributed by atoms with Gasteiger partial charge in [0.2, 0.25) is 0 Å². The molecule has 3 aromatic rings. The van der Waals surface area contributed by atoms with Crippen LogP contribution in [-0.2, 0) is 7.05 Å². The predicted molar refractivity (Wildman–Crippen MR) is 98.1 cm³/mol. The van der Waals surface area contributed by atoms with E-state index >= 15 is 0 Å². The van der Waals surface area contributed by atoms with E-state index in [4.69, 9.17) is 0 Å². The average Bonchev–Trinajstić information content (AvgIpc) is 3.01. The van der Waals surface area contributed by atoms with Gasteiger partial charge in [0, 0.05) is 30.9 Å². The number of pyridine rings is 1. The normalized spacial score (nSPS) is 16.0. The van der Waals surface area contributed by atoms with E-state index in [-0.39, 0.29) is 5.56 Å². The highest BCUT2D eigenvalue weighted by atomic mass is 16.1. The van der Waals surface area contributed by atoms with Crippen LogP contribution in [0.15, 0.2) is 29.5 Å². The molecule has 4 rings (SSSR count). The van der Waals surface area contributed by atoms with Gasteiger partial charge in [0.1, 0.15) is 5.82 Å². The first kappa shape index (κ1) is 15.7. The number of rotatable bonds is 3. The van der Waals surface area contributed by atoms with Gasteiger partial charge in [-0.3, -0.25) is 14.5 Å². The molecule has 0 amide bonds. The zero-order valence-corrected chi connectivity index (χ0v) is 14.3. The maximum absolute atomic E-state index is 12.2. The van der Waals surface area contributed by atoms with Gasteiger partial charge in [-0.1, -0.05) is 19.3 Å². The molecule has 1 fully saturated rings. The molecular formula is C19H21N5O. The zero-order chi connectivity index (χ0) is 17.2. The highest BCUT2D eigenvalue weighted by Gasteiger charge is 2.20. The van der Waals surface area contributed by atoms with Gasteiger partial charge in [-0.25, -0.2) is 4.98 Å². The van der Waals surface area contributed by atoms with Crippen molar-refractivity contribution in [2.75, 3.05) is 0 Å². The summed E-state index contributed by atoms with van der Waals surface area (Å²) >= 11 is 0. The summed E-state index contributed by atoms with van der Waals surface area (Å²) in [5.41, 5.74) is 2.71. The van der Waals surface area contributed by atoms with Crippen molar-refractivity contribution in [2.24, 2.45) is 7.05 Å². The van der Waals surface area contributed by atoms with Crippen molar-refractivity contribution < 1.29 is 0 Å². The fourth-order valence-corrected chi connectivity index (χ4v) is 3.60. The van der Waals surface area contributed by atoms with Crippen LogP contribution in [0.1, 0.15) is 55.1 Å². The Labute approximate surface area is 145 Å². The molecule has 0 aliphatic heterocycles. The Morgan fingerprint density at radius 2 is 2.08 bits per heavy atom. The van der Waals surface area contributed by atoms with E-state index in [1.54, 1.807) is 18.5 Å². The minimum atomic E-state index is -0.147. The fraction of sp³-hybridized carbons (Fsp3) is 0.368. The second-order valence-corrected chi connectivity index (χ2v) is 6.66. The molecule has 0 saturated heterocycles. The molecular weight excluding hydrogens is 314 g/mol. The minimum absolute atomic E-state index is 0.147. The first-order valence-electron chi connectivity index (χ1n) is 8.76. The topological polar surface area (TPSA) is 76.5 Å². The number of aromatic nitrogens is 5. The number of fused-ring (bicyclic) bond motifs is 1. The molecule has 3 heterocycles. The lowest BCUT2D eigenvalue weighted by molar-refractivity contribution is 0.433. The van der Waals surface area contributed by atoms with Crippen molar-refractivity contribution in [1.29, 1.82) is 0 Å². The molecule has 6 nitrogen and oxygen atoms in total. The SMILES string of the molecule is Cn1cc(/C=C/c2nc3cnccc3c(=O)[nH]2)c(C2CCCCC2)n1. The van der Waals surface area contributed by atoms with E-state index in [2.05, 4.69) is 20.1 Å². The van der Waals surface area contributed by atoms with Crippen molar-refractivity contribution in [1.82, 2.24) is 24.7 Å². The van der Waals surface area contributed by atoms with Gasteiger partial charge < -0.3 is 4.98 Å². The lowest BCUT2D eigenvalue weighted by Gasteiger charge is -2.20. The average molecular weight is 335 g/mol. The lowest BCUT2D eigenvalue weighted by Crippen LogP contribution is -2.09. The maximum atomic E-state index is 12.2. The number of H-pyrrole nitrogens is 1. The molecule has 0 atom stereocenters. The van der Waals surface area contributed by atoms with E-state index in [1.165, 1.54) is 32.1 Å². The van der Waals surface area contributed by atoms with Gasteiger partial charge in [0.25, 0.3) is 5.56 Å². The van der Waals surface area contributed by atoms with E-state index in [9.17, 15) is 4.79 Å². The third kappa shape index (κ3) is 3.24. The summed E-state index contributed by atoms with van der Waals surface area (Å²) in [6, 6.07) is 1.68. The molecule has 3 aromatic heterocycles. The summed E-state index contributed by atoms with van der Waals surface area (Å²) in [6.07, 6.45) is 15.4. The van der Waals surface area contributed by atoms with E-state index in [1.807, 2.05) is 30.1 Å². The zero-order valence-electron chi connectivity index (χ0n) is 14.3. The highest BCUT2D eigenvalue weighted by Crippen LogP contribution is 2.33. The van der Waals surface area contributed by atoms with Crippen LogP contribution in [0.5, 0.6) is 0 Å². The number of nitrogens with zero attached hydrogens (tertiary/aromatic N) is 4. The maximum Gasteiger partial charge on any atom is 0.259 e. The Morgan fingerprint density at radius 3 is 2.92 bits per heavy atom. The van der Waals surface area contributed by atoms with Gasteiger partial charge in [-0.2, -0.15) is 5.10 Å². The summed E-state index contributed by atoms with van der Waals surface area (Å²) in [6.45, 7) is 0. The molecule has 1 N–H and O–H groups in total. The summed E-state index contributed by atoms with van der Waals surface area (Å²) in [5.74, 6) is 1.06. The Kier molecular flexibility index (Phi) is 4.17. The van der Waals surface area contributed by atoms with Crippen molar-refractivity contribution in [2.45, 2.75) is 38.0 Å². The third-order valence-corrected chi connectivity index (χ3v) is 4.83. The van der Waals surface area contributed by atoms with Crippen molar-refractivity contribution >= 4 is 23.1 Å². The van der Waals surface area contributed by atoms with Crippen LogP contribution in [0.25, 0.3) is 23.1 Å². The largest absolute Gasteiger partial charge is 0.306 e. The van der Waals surface area contributed by atoms with Gasteiger partial charge in [-0.15, -0.1) is 0 Å². The van der Waals surface area contributed by atoms with Gasteiger partial charge in [-0.05, 0) is 31.1 Å². The second kappa shape index (κ2) is 6.63. The monoisotopic (exact) mass is 335 g/mol. The smallest absolute Gasteiger partial charge is 0.259 e. The van der Waals surface area contributed by atoms with Crippen LogP contribution in [-0.4, -0.2) is 24.7 Å². The number of aryl methyl sites for hydroxylation is 1. The van der Waals surface area contributed by atoms with E-state index in [0.717, 1.165) is 11.3 Å². The van der Waals surface area contributed by atoms with E-state index < -0.39 is 0 Å². The van der Waals surface area contributed by atoms with Crippen LogP contribution in [0.3, 0.4) is 0 Å². The standard InChI is InChI=1S/C19H21N5O/c1-24-12-14(18(23-24)13-5-3-2-4-6-13)7-8-17-21-16-11-20-10-9-15(16)19(25)22-17/h7-13H,2-6H2,1H3,(H,21,22,25)/b8-7+. The summed E-state index contributed by atoms with van der Waals surface area (Å²) in [4.78, 5) is 23.5. The van der Waals surface area contributed by atoms with Crippen LogP contribution < -0.4 is 5.56 Å². The first-order valence-corrected chi connectivity index (χ1v) is 8.76. The Morgan fingerprint density at radius 1 is 1.24 bits per heavy atom. The second-order valence-electron chi connectivity index (χ2n) is 6.66. The van der Waals surface area contributed by atoms with Crippen LogP contribution in [0.2, 0.25) is 0 Å². The Bertz CT molecular complexity index is 979. The molecule has 0 aromatic carbocycles. The number of aromatic amines is 1. The van der Waals surface area contributed by atoms with Crippen LogP contribution in [0.4, 0.5) is 0 Å². The summed E-state index contributed by atoms with van der Waals surface area (Å²) < 4.78 is 1.87. The molecule has 1 aliphatic rings. The highest BCUT2D eigenvalue weighted by molar-refractivity contribution is 5.78. The Hall–Kier alpha value is -2.76. The van der Waals surface area contributed by atoms with E-state index in [0.29, 0.717) is 22.6 Å². The number of nitrogens with one attached hydrogen (secondary N) is 1. The van der Waals surface area contributed by atoms with Crippen LogP contribution >= 0.6 is 0 Å². The minimum Gasteiger partial charge on any atom is -0.306 e. The molecule has 128 valence electrons. The fourth-order valence-electron chi connectivity index (χ4n) is 3.60. The Balaban J connectivity index is 1.67. The predicted octanol–water partition coefficient (Wildman–Crippen LogP) is 3.27. The molecule has 0 spiro atoms. The molecule has 1 saturated carbocycles. The van der Waals surface area contributed by atoms with Gasteiger partial charge in [0.15, 0.2) is 0 Å².